The van der Waals surface area contributed by atoms with Gasteiger partial charge < -0.3 is 10.0 Å². The largest absolute Gasteiger partial charge is 0.382 e. The van der Waals surface area contributed by atoms with Crippen molar-refractivity contribution in [3.05, 3.63) is 23.4 Å². The average Bonchev–Trinajstić information content (AvgIpc) is 3.29. The molecule has 0 aromatic carbocycles. The molecule has 1 N–H and O–H groups in total. The highest BCUT2D eigenvalue weighted by atomic mass is 16.3. The molecule has 0 bridgehead atoms. The summed E-state index contributed by atoms with van der Waals surface area (Å²) in [4.78, 5) is 15.0. The molecule has 6 atom stereocenters. The Labute approximate surface area is 170 Å². The van der Waals surface area contributed by atoms with Gasteiger partial charge in [-0.25, -0.2) is 0 Å². The van der Waals surface area contributed by atoms with Crippen molar-refractivity contribution in [3.63, 3.8) is 0 Å². The summed E-state index contributed by atoms with van der Waals surface area (Å²) in [6, 6.07) is 0. The van der Waals surface area contributed by atoms with E-state index in [4.69, 9.17) is 0 Å². The fraction of sp³-hybridized carbons (Fsp3) is 0.800. The Kier molecular flexibility index (Phi) is 4.19. The quantitative estimate of drug-likeness (QED) is 0.740. The highest BCUT2D eigenvalue weighted by molar-refractivity contribution is 5.86. The molecule has 4 aliphatic carbocycles. The fourth-order valence-electron chi connectivity index (χ4n) is 8.16. The minimum atomic E-state index is -1.09. The van der Waals surface area contributed by atoms with E-state index >= 15 is 0 Å². The third-order valence-electron chi connectivity index (χ3n) is 9.99. The van der Waals surface area contributed by atoms with Crippen molar-refractivity contribution in [2.75, 3.05) is 13.1 Å². The summed E-state index contributed by atoms with van der Waals surface area (Å²) in [5, 5.41) is 11.3. The number of carbonyl (C=O) groups is 1. The summed E-state index contributed by atoms with van der Waals surface area (Å²) in [7, 11) is 0. The first-order valence-corrected chi connectivity index (χ1v) is 11.7. The SMILES string of the molecule is CC(=O)C1(O)CCC2C3CC=C4C=C(N5CCCC5)CCC4(C)C3CCC21C. The number of carbonyl (C=O) groups excluding carboxylic acids is 1. The van der Waals surface area contributed by atoms with Crippen molar-refractivity contribution in [2.24, 2.45) is 28.6 Å². The summed E-state index contributed by atoms with van der Waals surface area (Å²) in [5.41, 5.74) is 2.12. The Hall–Kier alpha value is -1.09. The second-order valence-electron chi connectivity index (χ2n) is 10.9. The highest BCUT2D eigenvalue weighted by Gasteiger charge is 2.65. The van der Waals surface area contributed by atoms with E-state index in [9.17, 15) is 9.90 Å². The molecule has 0 radical (unpaired) electrons. The maximum absolute atomic E-state index is 12.4. The molecule has 0 amide bonds. The van der Waals surface area contributed by atoms with E-state index < -0.39 is 5.60 Å². The predicted octanol–water partition coefficient (Wildman–Crippen LogP) is 4.86. The van der Waals surface area contributed by atoms with Crippen molar-refractivity contribution < 1.29 is 9.90 Å². The number of fused-ring (bicyclic) bond motifs is 5. The van der Waals surface area contributed by atoms with Gasteiger partial charge in [-0.3, -0.25) is 4.79 Å². The van der Waals surface area contributed by atoms with E-state index in [1.54, 1.807) is 18.2 Å². The molecule has 1 heterocycles. The van der Waals surface area contributed by atoms with E-state index in [2.05, 4.69) is 30.9 Å². The lowest BCUT2D eigenvalue weighted by atomic mass is 9.47. The number of likely N-dealkylation sites (tertiary alicyclic amines) is 1. The number of ketones is 1. The number of aliphatic hydroxyl groups is 1. The van der Waals surface area contributed by atoms with E-state index in [-0.39, 0.29) is 16.6 Å². The monoisotopic (exact) mass is 383 g/mol. The Balaban J connectivity index is 1.46. The van der Waals surface area contributed by atoms with Crippen molar-refractivity contribution in [1.82, 2.24) is 4.90 Å². The lowest BCUT2D eigenvalue weighted by Crippen LogP contribution is -2.56. The normalized spacial score (nSPS) is 47.7. The van der Waals surface area contributed by atoms with Gasteiger partial charge in [0.15, 0.2) is 5.78 Å². The van der Waals surface area contributed by atoms with Crippen LogP contribution in [-0.4, -0.2) is 34.5 Å². The van der Waals surface area contributed by atoms with Crippen LogP contribution >= 0.6 is 0 Å². The topological polar surface area (TPSA) is 40.5 Å². The van der Waals surface area contributed by atoms with Gasteiger partial charge >= 0.3 is 0 Å². The molecule has 0 spiro atoms. The minimum Gasteiger partial charge on any atom is -0.382 e. The maximum atomic E-state index is 12.4. The van der Waals surface area contributed by atoms with Crippen LogP contribution in [0, 0.1) is 28.6 Å². The Bertz CT molecular complexity index is 748. The van der Waals surface area contributed by atoms with E-state index in [1.165, 1.54) is 38.8 Å². The number of hydrogen-bond acceptors (Lipinski definition) is 3. The lowest BCUT2D eigenvalue weighted by molar-refractivity contribution is -0.158. The molecule has 6 unspecified atom stereocenters. The van der Waals surface area contributed by atoms with Crippen LogP contribution in [0.1, 0.15) is 78.6 Å². The van der Waals surface area contributed by atoms with Gasteiger partial charge in [0.05, 0.1) is 0 Å². The zero-order valence-corrected chi connectivity index (χ0v) is 18.0. The molecule has 1 aliphatic heterocycles. The van der Waals surface area contributed by atoms with E-state index in [0.717, 1.165) is 25.7 Å². The maximum Gasteiger partial charge on any atom is 0.161 e. The Morgan fingerprint density at radius 2 is 1.82 bits per heavy atom. The van der Waals surface area contributed by atoms with Gasteiger partial charge in [-0.2, -0.15) is 0 Å². The molecule has 1 saturated heterocycles. The first-order valence-electron chi connectivity index (χ1n) is 11.7. The number of hydrogen-bond donors (Lipinski definition) is 1. The molecule has 3 nitrogen and oxygen atoms in total. The van der Waals surface area contributed by atoms with Crippen LogP contribution in [-0.2, 0) is 4.79 Å². The second kappa shape index (κ2) is 6.20. The van der Waals surface area contributed by atoms with Crippen LogP contribution in [0.4, 0.5) is 0 Å². The van der Waals surface area contributed by atoms with Gasteiger partial charge in [0.1, 0.15) is 5.60 Å². The summed E-state index contributed by atoms with van der Waals surface area (Å²) >= 11 is 0. The van der Waals surface area contributed by atoms with Gasteiger partial charge in [-0.05, 0) is 99.5 Å². The number of Topliss-reactive ketones (excluding diaryl/α,β-unsaturated/α-hetero) is 1. The van der Waals surface area contributed by atoms with Crippen LogP contribution in [0.5, 0.6) is 0 Å². The summed E-state index contributed by atoms with van der Waals surface area (Å²) in [5.74, 6) is 1.81. The summed E-state index contributed by atoms with van der Waals surface area (Å²) < 4.78 is 0. The zero-order chi connectivity index (χ0) is 19.7. The fourth-order valence-corrected chi connectivity index (χ4v) is 8.16. The Morgan fingerprint density at radius 3 is 2.54 bits per heavy atom. The first-order chi connectivity index (χ1) is 13.3. The minimum absolute atomic E-state index is 0.00921. The molecule has 154 valence electrons. The molecule has 0 aromatic rings. The number of nitrogens with zero attached hydrogens (tertiary/aromatic N) is 1. The van der Waals surface area contributed by atoms with Crippen LogP contribution in [0.3, 0.4) is 0 Å². The number of allylic oxidation sites excluding steroid dienone is 4. The molecule has 0 aromatic heterocycles. The van der Waals surface area contributed by atoms with Crippen molar-refractivity contribution >= 4 is 5.78 Å². The third kappa shape index (κ3) is 2.35. The van der Waals surface area contributed by atoms with Gasteiger partial charge in [0, 0.05) is 24.2 Å². The molecule has 2 saturated carbocycles. The molecular formula is C25H37NO2. The lowest BCUT2D eigenvalue weighted by Gasteiger charge is -2.58. The summed E-state index contributed by atoms with van der Waals surface area (Å²) in [6.07, 6.45) is 15.2. The molecule has 3 fully saturated rings. The van der Waals surface area contributed by atoms with Crippen LogP contribution in [0.25, 0.3) is 0 Å². The van der Waals surface area contributed by atoms with Crippen molar-refractivity contribution in [2.45, 2.75) is 84.2 Å². The van der Waals surface area contributed by atoms with Crippen LogP contribution in [0.15, 0.2) is 23.4 Å². The molecule has 3 heteroatoms. The van der Waals surface area contributed by atoms with Gasteiger partial charge in [0.2, 0.25) is 0 Å². The standard InChI is InChI=1S/C25H37NO2/c1-17(27)25(28)13-10-22-20-7-6-18-16-19(26-14-4-5-15-26)8-11-23(18,2)21(20)9-12-24(22,25)3/h6,16,20-22,28H,4-5,7-15H2,1-3H3. The van der Waals surface area contributed by atoms with Crippen molar-refractivity contribution in [1.29, 1.82) is 0 Å². The number of rotatable bonds is 2. The third-order valence-corrected chi connectivity index (χ3v) is 9.99. The van der Waals surface area contributed by atoms with Gasteiger partial charge in [-0.1, -0.05) is 19.9 Å². The first kappa shape index (κ1) is 18.9. The molecular weight excluding hydrogens is 346 g/mol. The predicted molar refractivity (Wildman–Crippen MR) is 112 cm³/mol. The van der Waals surface area contributed by atoms with Crippen LogP contribution < -0.4 is 0 Å². The summed E-state index contributed by atoms with van der Waals surface area (Å²) in [6.45, 7) is 8.82. The molecule has 5 rings (SSSR count). The molecule has 5 aliphatic rings. The Morgan fingerprint density at radius 1 is 1.11 bits per heavy atom. The van der Waals surface area contributed by atoms with Gasteiger partial charge in [0.25, 0.3) is 0 Å². The van der Waals surface area contributed by atoms with E-state index in [1.807, 2.05) is 0 Å². The zero-order valence-electron chi connectivity index (χ0n) is 18.0. The highest BCUT2D eigenvalue weighted by Crippen LogP contribution is 2.67. The second-order valence-corrected chi connectivity index (χ2v) is 10.9. The smallest absolute Gasteiger partial charge is 0.161 e. The van der Waals surface area contributed by atoms with E-state index in [0.29, 0.717) is 24.2 Å². The van der Waals surface area contributed by atoms with Crippen molar-refractivity contribution in [3.8, 4) is 0 Å². The van der Waals surface area contributed by atoms with Gasteiger partial charge in [-0.15, -0.1) is 0 Å². The van der Waals surface area contributed by atoms with Crippen LogP contribution in [0.2, 0.25) is 0 Å². The average molecular weight is 384 g/mol. The molecule has 28 heavy (non-hydrogen) atoms.